The number of ether oxygens (including phenoxy) is 1. The molecule has 0 heterocycles. The third kappa shape index (κ3) is 5.96. The number of carbonyl (C=O) groups is 1. The van der Waals surface area contributed by atoms with Crippen LogP contribution in [-0.2, 0) is 14.0 Å². The van der Waals surface area contributed by atoms with Crippen LogP contribution in [0.4, 0.5) is 0 Å². The van der Waals surface area contributed by atoms with Crippen molar-refractivity contribution in [2.75, 3.05) is 6.61 Å². The molecule has 0 aliphatic carbocycles. The van der Waals surface area contributed by atoms with Crippen LogP contribution in [-0.4, -0.2) is 27.0 Å². The number of benzene rings is 2. The highest BCUT2D eigenvalue weighted by molar-refractivity contribution is 6.99. The van der Waals surface area contributed by atoms with Gasteiger partial charge in [0.2, 0.25) is 0 Å². The Hall–Kier alpha value is -2.17. The third-order valence-corrected chi connectivity index (χ3v) is 11.0. The minimum atomic E-state index is -2.72. The number of esters is 1. The van der Waals surface area contributed by atoms with Gasteiger partial charge in [0.05, 0.1) is 18.6 Å². The third-order valence-electron chi connectivity index (χ3n) is 5.86. The summed E-state index contributed by atoms with van der Waals surface area (Å²) in [5.41, 5.74) is 0. The quantitative estimate of drug-likeness (QED) is 0.201. The number of carbonyl (C=O) groups excluding carboxylic acids is 1. The van der Waals surface area contributed by atoms with Gasteiger partial charge in [-0.05, 0) is 48.5 Å². The smallest absolute Gasteiger partial charge is 0.311 e. The van der Waals surface area contributed by atoms with Crippen LogP contribution in [0, 0.1) is 5.92 Å². The molecule has 0 radical (unpaired) electrons. The average Bonchev–Trinajstić information content (AvgIpc) is 2.75. The van der Waals surface area contributed by atoms with Crippen LogP contribution in [0.1, 0.15) is 53.9 Å². The minimum absolute atomic E-state index is 0.135. The van der Waals surface area contributed by atoms with Crippen LogP contribution in [0.2, 0.25) is 5.04 Å². The minimum Gasteiger partial charge on any atom is -0.466 e. The van der Waals surface area contributed by atoms with E-state index in [2.05, 4.69) is 75.9 Å². The van der Waals surface area contributed by atoms with E-state index >= 15 is 0 Å². The summed E-state index contributed by atoms with van der Waals surface area (Å²) in [7, 11) is -2.72. The molecule has 0 aliphatic rings. The maximum atomic E-state index is 12.9. The molecule has 0 aromatic heterocycles. The lowest BCUT2D eigenvalue weighted by Crippen LogP contribution is -2.68. The Morgan fingerprint density at radius 2 is 1.55 bits per heavy atom. The summed E-state index contributed by atoms with van der Waals surface area (Å²) < 4.78 is 12.6. The maximum Gasteiger partial charge on any atom is 0.311 e. The molecule has 0 aliphatic heterocycles. The number of rotatable bonds is 11. The molecule has 0 fully saturated rings. The summed E-state index contributed by atoms with van der Waals surface area (Å²) in [6, 6.07) is 21.1. The standard InChI is InChI=1S/C27H38O3Si/c1-7-9-12-21-25(26(28)29-8-2)22(3)30-31(27(4,5)6,23-17-13-10-14-18-23)24-19-15-11-16-20-24/h7,10-11,13-20,22,25H,1,8-9,12,21H2,2-6H3/t22-,25+/m0/s1. The number of hydrogen-bond donors (Lipinski definition) is 0. The SMILES string of the molecule is C=CCCC[C@@H](C(=O)OCC)[C@H](C)O[Si](c1ccccc1)(c1ccccc1)C(C)(C)C. The van der Waals surface area contributed by atoms with E-state index in [-0.39, 0.29) is 23.0 Å². The topological polar surface area (TPSA) is 35.5 Å². The van der Waals surface area contributed by atoms with Gasteiger partial charge in [0.15, 0.2) is 0 Å². The predicted octanol–water partition coefficient (Wildman–Crippen LogP) is 5.49. The highest BCUT2D eigenvalue weighted by atomic mass is 28.4. The largest absolute Gasteiger partial charge is 0.466 e. The summed E-state index contributed by atoms with van der Waals surface area (Å²) in [6.45, 7) is 14.8. The zero-order valence-corrected chi connectivity index (χ0v) is 20.8. The van der Waals surface area contributed by atoms with Crippen molar-refractivity contribution in [1.82, 2.24) is 0 Å². The Kier molecular flexibility index (Phi) is 9.26. The van der Waals surface area contributed by atoms with Gasteiger partial charge in [-0.2, -0.15) is 0 Å². The molecular formula is C27H38O3Si. The van der Waals surface area contributed by atoms with E-state index in [1.165, 1.54) is 10.4 Å². The van der Waals surface area contributed by atoms with Crippen LogP contribution in [0.5, 0.6) is 0 Å². The Morgan fingerprint density at radius 3 is 1.97 bits per heavy atom. The normalized spacial score (nSPS) is 14.0. The zero-order chi connectivity index (χ0) is 22.9. The predicted molar refractivity (Wildman–Crippen MR) is 132 cm³/mol. The summed E-state index contributed by atoms with van der Waals surface area (Å²) >= 11 is 0. The summed E-state index contributed by atoms with van der Waals surface area (Å²) in [5.74, 6) is -0.474. The fraction of sp³-hybridized carbons (Fsp3) is 0.444. The van der Waals surface area contributed by atoms with Crippen LogP contribution in [0.25, 0.3) is 0 Å². The average molecular weight is 439 g/mol. The molecule has 31 heavy (non-hydrogen) atoms. The first-order valence-corrected chi connectivity index (χ1v) is 13.2. The van der Waals surface area contributed by atoms with Gasteiger partial charge in [-0.25, -0.2) is 0 Å². The molecule has 2 rings (SSSR count). The second kappa shape index (κ2) is 11.4. The first-order valence-electron chi connectivity index (χ1n) is 11.3. The lowest BCUT2D eigenvalue weighted by atomic mass is 9.97. The van der Waals surface area contributed by atoms with Crippen LogP contribution in [0.15, 0.2) is 73.3 Å². The Bertz CT molecular complexity index is 772. The summed E-state index contributed by atoms with van der Waals surface area (Å²) in [4.78, 5) is 12.9. The van der Waals surface area contributed by atoms with Crippen LogP contribution >= 0.6 is 0 Å². The van der Waals surface area contributed by atoms with Gasteiger partial charge in [-0.3, -0.25) is 4.79 Å². The molecule has 0 N–H and O–H groups in total. The Morgan fingerprint density at radius 1 is 1.03 bits per heavy atom. The van der Waals surface area contributed by atoms with Crippen molar-refractivity contribution < 1.29 is 14.0 Å². The molecule has 0 unspecified atom stereocenters. The fourth-order valence-corrected chi connectivity index (χ4v) is 9.06. The zero-order valence-electron chi connectivity index (χ0n) is 19.8. The molecule has 0 saturated carbocycles. The molecule has 2 aromatic carbocycles. The second-order valence-electron chi connectivity index (χ2n) is 9.06. The molecule has 0 bridgehead atoms. The van der Waals surface area contributed by atoms with Crippen molar-refractivity contribution in [3.63, 3.8) is 0 Å². The van der Waals surface area contributed by atoms with Gasteiger partial charge in [0.1, 0.15) is 0 Å². The van der Waals surface area contributed by atoms with Crippen molar-refractivity contribution in [3.05, 3.63) is 73.3 Å². The van der Waals surface area contributed by atoms with Crippen molar-refractivity contribution >= 4 is 24.7 Å². The van der Waals surface area contributed by atoms with Crippen LogP contribution < -0.4 is 10.4 Å². The molecule has 0 spiro atoms. The van der Waals surface area contributed by atoms with Gasteiger partial charge in [0, 0.05) is 0 Å². The van der Waals surface area contributed by atoms with E-state index in [4.69, 9.17) is 9.16 Å². The highest BCUT2D eigenvalue weighted by Crippen LogP contribution is 2.38. The van der Waals surface area contributed by atoms with Gasteiger partial charge in [0.25, 0.3) is 8.32 Å². The number of hydrogen-bond acceptors (Lipinski definition) is 3. The molecule has 0 amide bonds. The molecular weight excluding hydrogens is 400 g/mol. The molecule has 0 saturated heterocycles. The molecule has 2 aromatic rings. The maximum absolute atomic E-state index is 12.9. The Balaban J connectivity index is 2.55. The number of unbranched alkanes of at least 4 members (excludes halogenated alkanes) is 1. The first-order chi connectivity index (χ1) is 14.8. The van der Waals surface area contributed by atoms with Gasteiger partial charge in [-0.15, -0.1) is 6.58 Å². The summed E-state index contributed by atoms with van der Waals surface area (Å²) in [6.07, 6.45) is 4.12. The molecule has 4 heteroatoms. The molecule has 2 atom stereocenters. The lowest BCUT2D eigenvalue weighted by Gasteiger charge is -2.45. The van der Waals surface area contributed by atoms with E-state index in [1.54, 1.807) is 0 Å². The van der Waals surface area contributed by atoms with Crippen molar-refractivity contribution in [3.8, 4) is 0 Å². The van der Waals surface area contributed by atoms with E-state index in [0.29, 0.717) is 6.61 Å². The lowest BCUT2D eigenvalue weighted by molar-refractivity contribution is -0.151. The van der Waals surface area contributed by atoms with Crippen molar-refractivity contribution in [2.45, 2.75) is 65.0 Å². The molecule has 3 nitrogen and oxygen atoms in total. The van der Waals surface area contributed by atoms with Crippen LogP contribution in [0.3, 0.4) is 0 Å². The number of allylic oxidation sites excluding steroid dienone is 1. The van der Waals surface area contributed by atoms with Crippen molar-refractivity contribution in [1.29, 1.82) is 0 Å². The fourth-order valence-electron chi connectivity index (χ4n) is 4.33. The molecule has 168 valence electrons. The van der Waals surface area contributed by atoms with Crippen molar-refractivity contribution in [2.24, 2.45) is 5.92 Å². The first kappa shape index (κ1) is 25.1. The Labute approximate surface area is 189 Å². The van der Waals surface area contributed by atoms with E-state index in [0.717, 1.165) is 19.3 Å². The summed E-state index contributed by atoms with van der Waals surface area (Å²) in [5, 5.41) is 2.30. The van der Waals surface area contributed by atoms with E-state index in [1.807, 2.05) is 32.1 Å². The van der Waals surface area contributed by atoms with Gasteiger partial charge < -0.3 is 9.16 Å². The second-order valence-corrected chi connectivity index (χ2v) is 13.3. The van der Waals surface area contributed by atoms with E-state index < -0.39 is 8.32 Å². The monoisotopic (exact) mass is 438 g/mol. The van der Waals surface area contributed by atoms with Gasteiger partial charge in [-0.1, -0.05) is 87.5 Å². The van der Waals surface area contributed by atoms with Gasteiger partial charge >= 0.3 is 5.97 Å². The highest BCUT2D eigenvalue weighted by Gasteiger charge is 2.52. The van der Waals surface area contributed by atoms with E-state index in [9.17, 15) is 4.79 Å².